The molecule has 2 aromatic heterocycles. The normalized spacial score (nSPS) is 12.6. The van der Waals surface area contributed by atoms with E-state index in [1.54, 1.807) is 6.07 Å². The largest absolute Gasteiger partial charge is 0.494 e. The van der Waals surface area contributed by atoms with E-state index in [0.717, 1.165) is 51.6 Å². The zero-order chi connectivity index (χ0) is 34.7. The van der Waals surface area contributed by atoms with Crippen LogP contribution in [0, 0.1) is 0 Å². The molecule has 0 bridgehead atoms. The first kappa shape index (κ1) is 36.3. The summed E-state index contributed by atoms with van der Waals surface area (Å²) in [4.78, 5) is 43.9. The van der Waals surface area contributed by atoms with Crippen molar-refractivity contribution in [3.63, 3.8) is 0 Å². The molecule has 8 nitrogen and oxygen atoms in total. The smallest absolute Gasteiger partial charge is 0.325 e. The molecule has 0 fully saturated rings. The first-order valence-corrected chi connectivity index (χ1v) is 17.5. The number of aliphatic carboxylic acids is 1. The maximum absolute atomic E-state index is 13.2. The van der Waals surface area contributed by atoms with Gasteiger partial charge in [-0.05, 0) is 60.2 Å². The van der Waals surface area contributed by atoms with Crippen LogP contribution in [-0.2, 0) is 21.4 Å². The number of pyridine rings is 1. The van der Waals surface area contributed by atoms with Gasteiger partial charge in [0.2, 0.25) is 5.91 Å². The summed E-state index contributed by atoms with van der Waals surface area (Å²) < 4.78 is 5.90. The van der Waals surface area contributed by atoms with Crippen LogP contribution in [0.5, 0.6) is 5.75 Å². The number of benzene rings is 2. The third-order valence-electron chi connectivity index (χ3n) is 8.08. The van der Waals surface area contributed by atoms with Gasteiger partial charge >= 0.3 is 5.97 Å². The van der Waals surface area contributed by atoms with Gasteiger partial charge in [-0.15, -0.1) is 11.3 Å². The van der Waals surface area contributed by atoms with Crippen molar-refractivity contribution in [2.75, 3.05) is 6.61 Å². The van der Waals surface area contributed by atoms with E-state index in [2.05, 4.69) is 43.3 Å². The maximum atomic E-state index is 13.2. The Morgan fingerprint density at radius 2 is 1.50 bits per heavy atom. The topological polar surface area (TPSA) is 118 Å². The molecule has 0 saturated carbocycles. The van der Waals surface area contributed by atoms with Crippen molar-refractivity contribution < 1.29 is 24.2 Å². The van der Waals surface area contributed by atoms with Crippen LogP contribution in [0.2, 0.25) is 0 Å². The third kappa shape index (κ3) is 10.5. The molecule has 4 rings (SSSR count). The summed E-state index contributed by atoms with van der Waals surface area (Å²) in [7, 11) is 0. The highest BCUT2D eigenvalue weighted by molar-refractivity contribution is 7.14. The Morgan fingerprint density at radius 1 is 0.833 bits per heavy atom. The van der Waals surface area contributed by atoms with Gasteiger partial charge in [0, 0.05) is 28.6 Å². The van der Waals surface area contributed by atoms with E-state index in [4.69, 9.17) is 4.74 Å². The standard InChI is InChI=1S/C39H47N3O5S/c1-6-7-8-9-10-23-47-31-18-15-28(16-19-31)30-17-20-32(40-25-30)29-13-11-27(12-14-29)24-33(36(43)41-26(2)38(45)46)42-37(44)34-21-22-35(48-34)39(3,4)5/h11-22,25-26,33H,6-10,23-24H2,1-5H3,(H,41,43)(H,42,44)(H,45,46). The minimum Gasteiger partial charge on any atom is -0.494 e. The Kier molecular flexibility index (Phi) is 12.9. The monoisotopic (exact) mass is 669 g/mol. The molecule has 0 spiro atoms. The Labute approximate surface area is 288 Å². The molecular weight excluding hydrogens is 623 g/mol. The molecule has 0 saturated heterocycles. The fourth-order valence-corrected chi connectivity index (χ4v) is 6.07. The van der Waals surface area contributed by atoms with Crippen LogP contribution in [0.25, 0.3) is 22.4 Å². The van der Waals surface area contributed by atoms with Crippen molar-refractivity contribution in [3.05, 3.63) is 94.3 Å². The molecule has 0 aliphatic carbocycles. The number of aromatic nitrogens is 1. The fourth-order valence-electron chi connectivity index (χ4n) is 5.10. The number of carboxylic acids is 1. The first-order chi connectivity index (χ1) is 22.9. The number of nitrogens with one attached hydrogen (secondary N) is 2. The number of amides is 2. The number of rotatable bonds is 16. The van der Waals surface area contributed by atoms with Crippen LogP contribution in [-0.4, -0.2) is 46.6 Å². The van der Waals surface area contributed by atoms with Crippen LogP contribution in [0.3, 0.4) is 0 Å². The second kappa shape index (κ2) is 17.1. The molecule has 0 aliphatic heterocycles. The average Bonchev–Trinajstić information content (AvgIpc) is 3.59. The Hall–Kier alpha value is -4.50. The van der Waals surface area contributed by atoms with Gasteiger partial charge in [0.25, 0.3) is 5.91 Å². The molecule has 2 heterocycles. The van der Waals surface area contributed by atoms with Gasteiger partial charge in [0.05, 0.1) is 17.2 Å². The molecule has 254 valence electrons. The van der Waals surface area contributed by atoms with Gasteiger partial charge in [-0.25, -0.2) is 0 Å². The van der Waals surface area contributed by atoms with Crippen LogP contribution < -0.4 is 15.4 Å². The van der Waals surface area contributed by atoms with Gasteiger partial charge in [-0.2, -0.15) is 0 Å². The third-order valence-corrected chi connectivity index (χ3v) is 9.59. The lowest BCUT2D eigenvalue weighted by molar-refractivity contribution is -0.141. The summed E-state index contributed by atoms with van der Waals surface area (Å²) in [5.74, 6) is -1.22. The van der Waals surface area contributed by atoms with E-state index in [1.807, 2.05) is 72.9 Å². The number of thiophene rings is 1. The van der Waals surface area contributed by atoms with Crippen molar-refractivity contribution in [3.8, 4) is 28.1 Å². The second-order valence-corrected chi connectivity index (χ2v) is 14.2. The summed E-state index contributed by atoms with van der Waals surface area (Å²) in [5.41, 5.74) is 4.47. The number of ether oxygens (including phenoxy) is 1. The number of carbonyl (C=O) groups is 3. The maximum Gasteiger partial charge on any atom is 0.325 e. The van der Waals surface area contributed by atoms with Crippen molar-refractivity contribution in [2.24, 2.45) is 0 Å². The molecule has 3 N–H and O–H groups in total. The van der Waals surface area contributed by atoms with Crippen LogP contribution in [0.15, 0.2) is 79.0 Å². The van der Waals surface area contributed by atoms with E-state index in [-0.39, 0.29) is 17.7 Å². The number of nitrogens with zero attached hydrogens (tertiary/aromatic N) is 1. The van der Waals surface area contributed by atoms with Crippen LogP contribution in [0.4, 0.5) is 0 Å². The van der Waals surface area contributed by atoms with Crippen molar-refractivity contribution >= 4 is 29.1 Å². The molecule has 9 heteroatoms. The van der Waals surface area contributed by atoms with E-state index >= 15 is 0 Å². The Balaban J connectivity index is 1.40. The quantitative estimate of drug-likeness (QED) is 0.104. The highest BCUT2D eigenvalue weighted by Crippen LogP contribution is 2.30. The minimum atomic E-state index is -1.15. The van der Waals surface area contributed by atoms with Gasteiger partial charge < -0.3 is 20.5 Å². The Morgan fingerprint density at radius 3 is 2.10 bits per heavy atom. The SMILES string of the molecule is CCCCCCCOc1ccc(-c2ccc(-c3ccc(CC(NC(=O)c4ccc(C(C)(C)C)s4)C(=O)NC(C)C(=O)O)cc3)nc2)cc1. The summed E-state index contributed by atoms with van der Waals surface area (Å²) in [6, 6.07) is 21.3. The number of carbonyl (C=O) groups excluding carboxylic acids is 2. The number of unbranched alkanes of at least 4 members (excludes halogenated alkanes) is 4. The lowest BCUT2D eigenvalue weighted by Crippen LogP contribution is -2.51. The minimum absolute atomic E-state index is 0.110. The zero-order valence-electron chi connectivity index (χ0n) is 28.5. The van der Waals surface area contributed by atoms with Crippen molar-refractivity contribution in [2.45, 2.75) is 90.6 Å². The molecule has 0 radical (unpaired) electrons. The lowest BCUT2D eigenvalue weighted by Gasteiger charge is -2.20. The highest BCUT2D eigenvalue weighted by Gasteiger charge is 2.26. The fraction of sp³-hybridized carbons (Fsp3) is 0.385. The van der Waals surface area contributed by atoms with Gasteiger partial charge in [-0.3, -0.25) is 19.4 Å². The summed E-state index contributed by atoms with van der Waals surface area (Å²) in [6.07, 6.45) is 8.08. The van der Waals surface area contributed by atoms with E-state index in [0.29, 0.717) is 4.88 Å². The molecule has 2 atom stereocenters. The van der Waals surface area contributed by atoms with E-state index < -0.39 is 24.0 Å². The summed E-state index contributed by atoms with van der Waals surface area (Å²) >= 11 is 1.38. The summed E-state index contributed by atoms with van der Waals surface area (Å²) in [5, 5.41) is 14.6. The first-order valence-electron chi connectivity index (χ1n) is 16.7. The van der Waals surface area contributed by atoms with E-state index in [1.165, 1.54) is 43.9 Å². The van der Waals surface area contributed by atoms with Gasteiger partial charge in [-0.1, -0.05) is 95.8 Å². The second-order valence-electron chi connectivity index (χ2n) is 13.1. The zero-order valence-corrected chi connectivity index (χ0v) is 29.4. The summed E-state index contributed by atoms with van der Waals surface area (Å²) in [6.45, 7) is 10.6. The van der Waals surface area contributed by atoms with Crippen molar-refractivity contribution in [1.82, 2.24) is 15.6 Å². The van der Waals surface area contributed by atoms with Crippen LogP contribution >= 0.6 is 11.3 Å². The number of carboxylic acid groups (broad SMARTS) is 1. The molecule has 2 amide bonds. The molecule has 4 aromatic rings. The molecule has 0 aliphatic rings. The molecule has 2 unspecified atom stereocenters. The highest BCUT2D eigenvalue weighted by atomic mass is 32.1. The molecule has 2 aromatic carbocycles. The average molecular weight is 670 g/mol. The van der Waals surface area contributed by atoms with Crippen molar-refractivity contribution in [1.29, 1.82) is 0 Å². The number of hydrogen-bond donors (Lipinski definition) is 3. The van der Waals surface area contributed by atoms with Gasteiger partial charge in [0.15, 0.2) is 0 Å². The lowest BCUT2D eigenvalue weighted by atomic mass is 9.95. The van der Waals surface area contributed by atoms with E-state index in [9.17, 15) is 19.5 Å². The molecule has 48 heavy (non-hydrogen) atoms. The predicted molar refractivity (Wildman–Crippen MR) is 193 cm³/mol. The predicted octanol–water partition coefficient (Wildman–Crippen LogP) is 8.05. The van der Waals surface area contributed by atoms with Crippen LogP contribution in [0.1, 0.15) is 86.8 Å². The molecular formula is C39H47N3O5S. The number of hydrogen-bond acceptors (Lipinski definition) is 6. The van der Waals surface area contributed by atoms with Gasteiger partial charge in [0.1, 0.15) is 17.8 Å². The Bertz CT molecular complexity index is 1640.